The number of carboxylic acids is 1. The van der Waals surface area contributed by atoms with Crippen molar-refractivity contribution >= 4 is 23.6 Å². The Bertz CT molecular complexity index is 476. The number of carbonyl (C=O) groups excluding carboxylic acids is 1. The highest BCUT2D eigenvalue weighted by Crippen LogP contribution is 2.21. The third-order valence-electron chi connectivity index (χ3n) is 3.05. The first-order chi connectivity index (χ1) is 8.89. The Morgan fingerprint density at radius 1 is 1.37 bits per heavy atom. The molecule has 0 fully saturated rings. The molecule has 1 rings (SSSR count). The molecule has 5 heteroatoms. The van der Waals surface area contributed by atoms with Gasteiger partial charge in [0.05, 0.1) is 5.75 Å². The van der Waals surface area contributed by atoms with E-state index in [1.807, 2.05) is 31.2 Å². The highest BCUT2D eigenvalue weighted by molar-refractivity contribution is 8.00. The second-order valence-electron chi connectivity index (χ2n) is 4.59. The third kappa shape index (κ3) is 4.28. The van der Waals surface area contributed by atoms with Crippen LogP contribution in [0.5, 0.6) is 0 Å². The number of amides is 1. The van der Waals surface area contributed by atoms with Crippen molar-refractivity contribution in [2.24, 2.45) is 0 Å². The average molecular weight is 281 g/mol. The van der Waals surface area contributed by atoms with Crippen LogP contribution >= 0.6 is 11.8 Å². The summed E-state index contributed by atoms with van der Waals surface area (Å²) in [6, 6.07) is 7.79. The van der Waals surface area contributed by atoms with Gasteiger partial charge in [0.15, 0.2) is 0 Å². The lowest BCUT2D eigenvalue weighted by molar-refractivity contribution is -0.146. The zero-order chi connectivity index (χ0) is 14.5. The van der Waals surface area contributed by atoms with Gasteiger partial charge in [0, 0.05) is 4.90 Å². The summed E-state index contributed by atoms with van der Waals surface area (Å²) in [6.45, 7) is 5.24. The van der Waals surface area contributed by atoms with Gasteiger partial charge in [-0.05, 0) is 31.9 Å². The highest BCUT2D eigenvalue weighted by Gasteiger charge is 2.32. The molecular weight excluding hydrogens is 262 g/mol. The van der Waals surface area contributed by atoms with Crippen LogP contribution in [-0.2, 0) is 9.59 Å². The second-order valence-corrected chi connectivity index (χ2v) is 5.61. The molecule has 104 valence electrons. The second kappa shape index (κ2) is 6.61. The molecule has 1 atom stereocenters. The van der Waals surface area contributed by atoms with E-state index in [1.165, 1.54) is 18.7 Å². The standard InChI is InChI=1S/C14H19NO3S/c1-4-14(3,13(17)18)15-12(16)9-19-11-8-6-5-7-10(11)2/h5-8H,4,9H2,1-3H3,(H,15,16)(H,17,18). The maximum absolute atomic E-state index is 11.8. The van der Waals surface area contributed by atoms with Crippen LogP contribution in [-0.4, -0.2) is 28.3 Å². The number of hydrogen-bond acceptors (Lipinski definition) is 3. The fraction of sp³-hybridized carbons (Fsp3) is 0.429. The van der Waals surface area contributed by atoms with Crippen LogP contribution in [0.3, 0.4) is 0 Å². The molecule has 19 heavy (non-hydrogen) atoms. The molecule has 1 unspecified atom stereocenters. The summed E-state index contributed by atoms with van der Waals surface area (Å²) in [5.41, 5.74) is -0.0830. The van der Waals surface area contributed by atoms with Crippen LogP contribution in [0, 0.1) is 6.92 Å². The molecule has 0 saturated heterocycles. The molecule has 2 N–H and O–H groups in total. The van der Waals surface area contributed by atoms with Crippen LogP contribution in [0.2, 0.25) is 0 Å². The number of carboxylic acid groups (broad SMARTS) is 1. The van der Waals surface area contributed by atoms with Gasteiger partial charge in [-0.25, -0.2) is 4.79 Å². The van der Waals surface area contributed by atoms with Crippen molar-refractivity contribution in [1.82, 2.24) is 5.32 Å². The summed E-state index contributed by atoms with van der Waals surface area (Å²) in [4.78, 5) is 23.9. The lowest BCUT2D eigenvalue weighted by Crippen LogP contribution is -2.52. The lowest BCUT2D eigenvalue weighted by atomic mass is 9.99. The van der Waals surface area contributed by atoms with Crippen molar-refractivity contribution in [2.45, 2.75) is 37.6 Å². The van der Waals surface area contributed by atoms with E-state index in [2.05, 4.69) is 5.32 Å². The topological polar surface area (TPSA) is 66.4 Å². The predicted molar refractivity (Wildman–Crippen MR) is 76.4 cm³/mol. The molecule has 0 aromatic heterocycles. The van der Waals surface area contributed by atoms with Crippen molar-refractivity contribution in [1.29, 1.82) is 0 Å². The Morgan fingerprint density at radius 2 is 2.00 bits per heavy atom. The molecule has 1 aromatic rings. The maximum Gasteiger partial charge on any atom is 0.329 e. The van der Waals surface area contributed by atoms with E-state index in [1.54, 1.807) is 6.92 Å². The summed E-state index contributed by atoms with van der Waals surface area (Å²) >= 11 is 1.41. The molecule has 0 aliphatic carbocycles. The Balaban J connectivity index is 2.57. The van der Waals surface area contributed by atoms with Gasteiger partial charge in [-0.3, -0.25) is 4.79 Å². The quantitative estimate of drug-likeness (QED) is 0.786. The van der Waals surface area contributed by atoms with E-state index >= 15 is 0 Å². The Morgan fingerprint density at radius 3 is 2.53 bits per heavy atom. The van der Waals surface area contributed by atoms with Gasteiger partial charge in [0.1, 0.15) is 5.54 Å². The van der Waals surface area contributed by atoms with E-state index in [0.717, 1.165) is 10.5 Å². The van der Waals surface area contributed by atoms with Gasteiger partial charge >= 0.3 is 5.97 Å². The Hall–Kier alpha value is -1.49. The number of aliphatic carboxylic acids is 1. The molecule has 0 spiro atoms. The van der Waals surface area contributed by atoms with Crippen molar-refractivity contribution in [3.05, 3.63) is 29.8 Å². The van der Waals surface area contributed by atoms with E-state index in [-0.39, 0.29) is 11.7 Å². The van der Waals surface area contributed by atoms with Gasteiger partial charge in [-0.2, -0.15) is 0 Å². The van der Waals surface area contributed by atoms with Gasteiger partial charge in [-0.15, -0.1) is 11.8 Å². The third-order valence-corrected chi connectivity index (χ3v) is 4.22. The summed E-state index contributed by atoms with van der Waals surface area (Å²) < 4.78 is 0. The number of nitrogens with one attached hydrogen (secondary N) is 1. The SMILES string of the molecule is CCC(C)(NC(=O)CSc1ccccc1C)C(=O)O. The minimum absolute atomic E-state index is 0.216. The zero-order valence-corrected chi connectivity index (χ0v) is 12.2. The summed E-state index contributed by atoms with van der Waals surface area (Å²) in [5, 5.41) is 11.7. The zero-order valence-electron chi connectivity index (χ0n) is 11.4. The first-order valence-electron chi connectivity index (χ1n) is 6.12. The van der Waals surface area contributed by atoms with Gasteiger partial charge in [0.25, 0.3) is 0 Å². The number of thioether (sulfide) groups is 1. The van der Waals surface area contributed by atoms with E-state index < -0.39 is 11.5 Å². The highest BCUT2D eigenvalue weighted by atomic mass is 32.2. The minimum Gasteiger partial charge on any atom is -0.480 e. The van der Waals surface area contributed by atoms with Crippen LogP contribution in [0.15, 0.2) is 29.2 Å². The Kier molecular flexibility index (Phi) is 5.42. The monoisotopic (exact) mass is 281 g/mol. The number of aryl methyl sites for hydroxylation is 1. The van der Waals surface area contributed by atoms with Crippen molar-refractivity contribution in [3.8, 4) is 0 Å². The first-order valence-corrected chi connectivity index (χ1v) is 7.10. The van der Waals surface area contributed by atoms with Crippen LogP contribution in [0.1, 0.15) is 25.8 Å². The van der Waals surface area contributed by atoms with Crippen LogP contribution in [0.25, 0.3) is 0 Å². The van der Waals surface area contributed by atoms with Crippen LogP contribution in [0.4, 0.5) is 0 Å². The lowest BCUT2D eigenvalue weighted by Gasteiger charge is -2.24. The van der Waals surface area contributed by atoms with E-state index in [9.17, 15) is 9.59 Å². The van der Waals surface area contributed by atoms with Crippen LogP contribution < -0.4 is 5.32 Å². The molecule has 4 nitrogen and oxygen atoms in total. The molecule has 1 amide bonds. The van der Waals surface area contributed by atoms with Crippen molar-refractivity contribution in [2.75, 3.05) is 5.75 Å². The van der Waals surface area contributed by atoms with E-state index in [4.69, 9.17) is 5.11 Å². The van der Waals surface area contributed by atoms with E-state index in [0.29, 0.717) is 6.42 Å². The fourth-order valence-corrected chi connectivity index (χ4v) is 2.33. The molecule has 0 saturated carbocycles. The Labute approximate surface area is 117 Å². The molecule has 0 aliphatic rings. The van der Waals surface area contributed by atoms with Gasteiger partial charge < -0.3 is 10.4 Å². The summed E-state index contributed by atoms with van der Waals surface area (Å²) in [5.74, 6) is -1.06. The van der Waals surface area contributed by atoms with Crippen molar-refractivity contribution < 1.29 is 14.7 Å². The minimum atomic E-state index is -1.19. The number of benzene rings is 1. The predicted octanol–water partition coefficient (Wildman–Crippen LogP) is 2.46. The summed E-state index contributed by atoms with van der Waals surface area (Å²) in [6.07, 6.45) is 0.350. The molecular formula is C14H19NO3S. The average Bonchev–Trinajstić information content (AvgIpc) is 2.37. The number of carbonyl (C=O) groups is 2. The normalized spacial score (nSPS) is 13.6. The molecule has 0 radical (unpaired) electrons. The molecule has 1 aromatic carbocycles. The molecule has 0 heterocycles. The number of rotatable bonds is 6. The molecule has 0 bridgehead atoms. The maximum atomic E-state index is 11.8. The summed E-state index contributed by atoms with van der Waals surface area (Å²) in [7, 11) is 0. The smallest absolute Gasteiger partial charge is 0.329 e. The first kappa shape index (κ1) is 15.6. The van der Waals surface area contributed by atoms with Gasteiger partial charge in [0.2, 0.25) is 5.91 Å². The number of hydrogen-bond donors (Lipinski definition) is 2. The fourth-order valence-electron chi connectivity index (χ4n) is 1.50. The van der Waals surface area contributed by atoms with Gasteiger partial charge in [-0.1, -0.05) is 25.1 Å². The molecule has 0 aliphatic heterocycles. The largest absolute Gasteiger partial charge is 0.480 e. The van der Waals surface area contributed by atoms with Crippen molar-refractivity contribution in [3.63, 3.8) is 0 Å².